The van der Waals surface area contributed by atoms with Gasteiger partial charge in [0.1, 0.15) is 11.8 Å². The fraction of sp³-hybridized carbons (Fsp3) is 0.667. The molecule has 2 aliphatic heterocycles. The summed E-state index contributed by atoms with van der Waals surface area (Å²) in [7, 11) is 1.65. The van der Waals surface area contributed by atoms with E-state index in [4.69, 9.17) is 9.47 Å². The van der Waals surface area contributed by atoms with Crippen LogP contribution in [0.15, 0.2) is 24.3 Å². The monoisotopic (exact) mass is 411 g/mol. The zero-order chi connectivity index (χ0) is 20.6. The van der Waals surface area contributed by atoms with Gasteiger partial charge in [0.25, 0.3) is 6.43 Å². The van der Waals surface area contributed by atoms with E-state index in [9.17, 15) is 13.6 Å². The number of hydrogen-bond acceptors (Lipinski definition) is 5. The number of carbonyl (C=O) groups is 1. The molecule has 0 saturated carbocycles. The van der Waals surface area contributed by atoms with Crippen molar-refractivity contribution in [1.29, 1.82) is 0 Å². The summed E-state index contributed by atoms with van der Waals surface area (Å²) >= 11 is 0. The van der Waals surface area contributed by atoms with Crippen LogP contribution < -0.4 is 10.1 Å². The number of morpholine rings is 1. The van der Waals surface area contributed by atoms with E-state index in [0.29, 0.717) is 19.7 Å². The van der Waals surface area contributed by atoms with Gasteiger partial charge in [0.15, 0.2) is 0 Å². The molecule has 0 aromatic heterocycles. The number of rotatable bonds is 8. The molecule has 6 nitrogen and oxygen atoms in total. The molecular weight excluding hydrogens is 380 g/mol. The van der Waals surface area contributed by atoms with Crippen molar-refractivity contribution < 1.29 is 23.0 Å². The normalized spacial score (nSPS) is 22.4. The van der Waals surface area contributed by atoms with Crippen LogP contribution in [0.5, 0.6) is 5.75 Å². The van der Waals surface area contributed by atoms with Crippen molar-refractivity contribution in [3.63, 3.8) is 0 Å². The van der Waals surface area contributed by atoms with Crippen LogP contribution in [0.4, 0.5) is 8.78 Å². The maximum atomic E-state index is 12.9. The minimum Gasteiger partial charge on any atom is -0.496 e. The van der Waals surface area contributed by atoms with Gasteiger partial charge in [0.05, 0.1) is 32.9 Å². The molecule has 1 aromatic carbocycles. The van der Waals surface area contributed by atoms with Crippen molar-refractivity contribution in [3.8, 4) is 5.75 Å². The Labute approximate surface area is 171 Å². The van der Waals surface area contributed by atoms with Crippen molar-refractivity contribution in [2.75, 3.05) is 53.0 Å². The molecule has 162 valence electrons. The molecule has 2 saturated heterocycles. The average Bonchev–Trinajstić information content (AvgIpc) is 2.75. The van der Waals surface area contributed by atoms with Crippen LogP contribution in [0.2, 0.25) is 0 Å². The molecular formula is C21H31F2N3O3. The highest BCUT2D eigenvalue weighted by atomic mass is 19.3. The lowest BCUT2D eigenvalue weighted by Crippen LogP contribution is -2.55. The zero-order valence-corrected chi connectivity index (χ0v) is 17.0. The third kappa shape index (κ3) is 5.87. The Morgan fingerprint density at radius 2 is 2.00 bits per heavy atom. The summed E-state index contributed by atoms with van der Waals surface area (Å²) in [5, 5.41) is 3.00. The standard InChI is InChI=1S/C21H31F2N3O3/c1-28-19-8-4-3-7-16(19)17(25-9-5-2-6-10-25)13-24-21(27)18-15-29-12-11-26(18)14-20(22)23/h3-4,7-8,17-18,20H,2,5-6,9-15H2,1H3,(H,24,27). The predicted octanol–water partition coefficient (Wildman–Crippen LogP) is 2.30. The summed E-state index contributed by atoms with van der Waals surface area (Å²) in [6.07, 6.45) is 0.984. The largest absolute Gasteiger partial charge is 0.496 e. The second-order valence-corrected chi connectivity index (χ2v) is 7.58. The van der Waals surface area contributed by atoms with E-state index in [-0.39, 0.29) is 18.6 Å². The Morgan fingerprint density at radius 3 is 2.72 bits per heavy atom. The van der Waals surface area contributed by atoms with Gasteiger partial charge in [0.2, 0.25) is 5.91 Å². The average molecular weight is 411 g/mol. The lowest BCUT2D eigenvalue weighted by Gasteiger charge is -2.37. The van der Waals surface area contributed by atoms with Crippen molar-refractivity contribution in [2.45, 2.75) is 37.8 Å². The molecule has 2 aliphatic rings. The molecule has 1 amide bonds. The molecule has 2 heterocycles. The first-order chi connectivity index (χ1) is 14.1. The Morgan fingerprint density at radius 1 is 1.24 bits per heavy atom. The molecule has 3 rings (SSSR count). The van der Waals surface area contributed by atoms with Crippen LogP contribution in [0, 0.1) is 0 Å². The molecule has 8 heteroatoms. The van der Waals surface area contributed by atoms with Crippen molar-refractivity contribution in [2.24, 2.45) is 0 Å². The summed E-state index contributed by atoms with van der Waals surface area (Å²) in [6, 6.07) is 7.14. The number of alkyl halides is 2. The Kier molecular flexibility index (Phi) is 8.20. The molecule has 2 fully saturated rings. The maximum absolute atomic E-state index is 12.9. The number of nitrogens with zero attached hydrogens (tertiary/aromatic N) is 2. The zero-order valence-electron chi connectivity index (χ0n) is 17.0. The number of halogens is 2. The second kappa shape index (κ2) is 10.8. The Bertz CT molecular complexity index is 656. The Hall–Kier alpha value is -1.77. The van der Waals surface area contributed by atoms with E-state index >= 15 is 0 Å². The van der Waals surface area contributed by atoms with E-state index in [1.807, 2.05) is 24.3 Å². The lowest BCUT2D eigenvalue weighted by molar-refractivity contribution is -0.134. The highest BCUT2D eigenvalue weighted by molar-refractivity contribution is 5.82. The number of hydrogen-bond donors (Lipinski definition) is 1. The lowest BCUT2D eigenvalue weighted by atomic mass is 10.0. The van der Waals surface area contributed by atoms with E-state index in [2.05, 4.69) is 10.2 Å². The molecule has 1 aromatic rings. The fourth-order valence-electron chi connectivity index (χ4n) is 4.20. The number of carbonyl (C=O) groups excluding carboxylic acids is 1. The van der Waals surface area contributed by atoms with Gasteiger partial charge in [-0.1, -0.05) is 24.6 Å². The van der Waals surface area contributed by atoms with Crippen LogP contribution in [0.3, 0.4) is 0 Å². The van der Waals surface area contributed by atoms with Gasteiger partial charge in [0, 0.05) is 18.7 Å². The predicted molar refractivity (Wildman–Crippen MR) is 106 cm³/mol. The number of ether oxygens (including phenoxy) is 2. The third-order valence-corrected chi connectivity index (χ3v) is 5.71. The van der Waals surface area contributed by atoms with E-state index in [1.165, 1.54) is 11.3 Å². The first kappa shape index (κ1) is 21.9. The summed E-state index contributed by atoms with van der Waals surface area (Å²) in [6.45, 7) is 2.76. The number of amides is 1. The van der Waals surface area contributed by atoms with Gasteiger partial charge < -0.3 is 14.8 Å². The number of para-hydroxylation sites is 1. The van der Waals surface area contributed by atoms with E-state index in [0.717, 1.165) is 37.2 Å². The fourth-order valence-corrected chi connectivity index (χ4v) is 4.20. The molecule has 2 unspecified atom stereocenters. The minimum absolute atomic E-state index is 0.0246. The first-order valence-electron chi connectivity index (χ1n) is 10.3. The van der Waals surface area contributed by atoms with Crippen LogP contribution in [0.25, 0.3) is 0 Å². The highest BCUT2D eigenvalue weighted by Crippen LogP contribution is 2.31. The number of piperidine rings is 1. The van der Waals surface area contributed by atoms with Crippen LogP contribution in [-0.4, -0.2) is 81.2 Å². The van der Waals surface area contributed by atoms with Crippen molar-refractivity contribution in [3.05, 3.63) is 29.8 Å². The third-order valence-electron chi connectivity index (χ3n) is 5.71. The molecule has 0 bridgehead atoms. The number of benzene rings is 1. The molecule has 29 heavy (non-hydrogen) atoms. The van der Waals surface area contributed by atoms with E-state index in [1.54, 1.807) is 7.11 Å². The summed E-state index contributed by atoms with van der Waals surface area (Å²) < 4.78 is 36.7. The topological polar surface area (TPSA) is 54.0 Å². The SMILES string of the molecule is COc1ccccc1C(CNC(=O)C1COCCN1CC(F)F)N1CCCCC1. The van der Waals surface area contributed by atoms with Crippen molar-refractivity contribution >= 4 is 5.91 Å². The minimum atomic E-state index is -2.47. The van der Waals surface area contributed by atoms with Crippen LogP contribution in [-0.2, 0) is 9.53 Å². The molecule has 0 radical (unpaired) electrons. The van der Waals surface area contributed by atoms with Gasteiger partial charge >= 0.3 is 0 Å². The van der Waals surface area contributed by atoms with E-state index < -0.39 is 19.0 Å². The molecule has 1 N–H and O–H groups in total. The Balaban J connectivity index is 1.71. The number of likely N-dealkylation sites (tertiary alicyclic amines) is 1. The molecule has 0 spiro atoms. The number of nitrogens with one attached hydrogen (secondary N) is 1. The van der Waals surface area contributed by atoms with Gasteiger partial charge in [-0.15, -0.1) is 0 Å². The van der Waals surface area contributed by atoms with Gasteiger partial charge in [-0.3, -0.25) is 14.6 Å². The maximum Gasteiger partial charge on any atom is 0.251 e. The van der Waals surface area contributed by atoms with Gasteiger partial charge in [-0.05, 0) is 32.0 Å². The highest BCUT2D eigenvalue weighted by Gasteiger charge is 2.32. The van der Waals surface area contributed by atoms with Gasteiger partial charge in [-0.2, -0.15) is 0 Å². The first-order valence-corrected chi connectivity index (χ1v) is 10.3. The summed E-state index contributed by atoms with van der Waals surface area (Å²) in [5.41, 5.74) is 1.03. The number of methoxy groups -OCH3 is 1. The van der Waals surface area contributed by atoms with Crippen LogP contribution in [0.1, 0.15) is 30.9 Å². The quantitative estimate of drug-likeness (QED) is 0.712. The van der Waals surface area contributed by atoms with Crippen LogP contribution >= 0.6 is 0 Å². The second-order valence-electron chi connectivity index (χ2n) is 7.58. The summed E-state index contributed by atoms with van der Waals surface area (Å²) in [5.74, 6) is 0.528. The smallest absolute Gasteiger partial charge is 0.251 e. The molecule has 0 aliphatic carbocycles. The van der Waals surface area contributed by atoms with Gasteiger partial charge in [-0.25, -0.2) is 8.78 Å². The molecule has 2 atom stereocenters. The summed E-state index contributed by atoms with van der Waals surface area (Å²) in [4.78, 5) is 16.7. The van der Waals surface area contributed by atoms with Crippen molar-refractivity contribution in [1.82, 2.24) is 15.1 Å².